The summed E-state index contributed by atoms with van der Waals surface area (Å²) >= 11 is 0. The van der Waals surface area contributed by atoms with Crippen molar-refractivity contribution in [2.75, 3.05) is 0 Å². The molecule has 0 saturated heterocycles. The molecule has 0 N–H and O–H groups in total. The van der Waals surface area contributed by atoms with Crippen molar-refractivity contribution in [2.24, 2.45) is 0 Å². The Morgan fingerprint density at radius 1 is 0.880 bits per heavy atom. The van der Waals surface area contributed by atoms with Crippen LogP contribution in [0.2, 0.25) is 0 Å². The SMILES string of the molecule is Fc1ccc(COc2cc(-c3ccccc3)c[c]c2C(F)(F)F)cc1. The van der Waals surface area contributed by atoms with Crippen LogP contribution in [0, 0.1) is 11.9 Å². The minimum Gasteiger partial charge on any atom is -0.488 e. The first-order valence-corrected chi connectivity index (χ1v) is 7.49. The minimum atomic E-state index is -4.58. The Balaban J connectivity index is 1.92. The molecule has 0 aromatic heterocycles. The number of rotatable bonds is 4. The van der Waals surface area contributed by atoms with Crippen LogP contribution in [0.5, 0.6) is 5.75 Å². The van der Waals surface area contributed by atoms with Gasteiger partial charge in [0.1, 0.15) is 23.7 Å². The second-order valence-corrected chi connectivity index (χ2v) is 5.41. The van der Waals surface area contributed by atoms with E-state index in [2.05, 4.69) is 6.07 Å². The quantitative estimate of drug-likeness (QED) is 0.536. The molecule has 3 aromatic rings. The van der Waals surface area contributed by atoms with Crippen LogP contribution >= 0.6 is 0 Å². The predicted octanol–water partition coefficient (Wildman–Crippen LogP) is 5.89. The lowest BCUT2D eigenvalue weighted by Gasteiger charge is -2.15. The van der Waals surface area contributed by atoms with Gasteiger partial charge in [0, 0.05) is 0 Å². The summed E-state index contributed by atoms with van der Waals surface area (Å²) in [6.45, 7) is -0.102. The molecule has 0 spiro atoms. The van der Waals surface area contributed by atoms with Crippen molar-refractivity contribution in [1.29, 1.82) is 0 Å². The highest BCUT2D eigenvalue weighted by Crippen LogP contribution is 2.38. The molecule has 3 rings (SSSR count). The van der Waals surface area contributed by atoms with E-state index in [0.29, 0.717) is 11.1 Å². The monoisotopic (exact) mass is 345 g/mol. The molecular weight excluding hydrogens is 332 g/mol. The van der Waals surface area contributed by atoms with Gasteiger partial charge < -0.3 is 4.74 Å². The normalized spacial score (nSPS) is 11.4. The summed E-state index contributed by atoms with van der Waals surface area (Å²) in [5.41, 5.74) is 0.941. The summed E-state index contributed by atoms with van der Waals surface area (Å²) in [4.78, 5) is 0. The van der Waals surface area contributed by atoms with Gasteiger partial charge in [0.15, 0.2) is 0 Å². The fourth-order valence-electron chi connectivity index (χ4n) is 2.35. The van der Waals surface area contributed by atoms with Crippen molar-refractivity contribution in [2.45, 2.75) is 12.8 Å². The van der Waals surface area contributed by atoms with Gasteiger partial charge in [-0.05, 0) is 47.0 Å². The van der Waals surface area contributed by atoms with Gasteiger partial charge in [0.25, 0.3) is 0 Å². The maximum Gasteiger partial charge on any atom is 0.420 e. The van der Waals surface area contributed by atoms with E-state index in [1.165, 1.54) is 36.4 Å². The molecule has 0 aliphatic carbocycles. The fourth-order valence-corrected chi connectivity index (χ4v) is 2.35. The lowest BCUT2D eigenvalue weighted by Crippen LogP contribution is -2.09. The molecule has 0 amide bonds. The van der Waals surface area contributed by atoms with Gasteiger partial charge in [-0.1, -0.05) is 42.5 Å². The lowest BCUT2D eigenvalue weighted by atomic mass is 10.0. The van der Waals surface area contributed by atoms with Crippen LogP contribution in [0.1, 0.15) is 11.1 Å². The summed E-state index contributed by atoms with van der Waals surface area (Å²) in [5, 5.41) is 0. The molecule has 1 radical (unpaired) electrons. The smallest absolute Gasteiger partial charge is 0.420 e. The van der Waals surface area contributed by atoms with Crippen molar-refractivity contribution >= 4 is 0 Å². The molecule has 127 valence electrons. The molecule has 0 aliphatic heterocycles. The van der Waals surface area contributed by atoms with Gasteiger partial charge in [-0.15, -0.1) is 0 Å². The Bertz CT molecular complexity index is 840. The van der Waals surface area contributed by atoms with Gasteiger partial charge in [-0.3, -0.25) is 0 Å². The summed E-state index contributed by atoms with van der Waals surface area (Å²) in [6.07, 6.45) is -4.58. The van der Waals surface area contributed by atoms with Crippen LogP contribution in [0.25, 0.3) is 11.1 Å². The molecule has 0 unspecified atom stereocenters. The first kappa shape index (κ1) is 17.0. The van der Waals surface area contributed by atoms with Crippen LogP contribution in [0.3, 0.4) is 0 Å². The van der Waals surface area contributed by atoms with Crippen LogP contribution in [-0.4, -0.2) is 0 Å². The average molecular weight is 345 g/mol. The number of ether oxygens (including phenoxy) is 1. The van der Waals surface area contributed by atoms with E-state index >= 15 is 0 Å². The van der Waals surface area contributed by atoms with E-state index in [1.807, 2.05) is 6.07 Å². The van der Waals surface area contributed by atoms with Crippen LogP contribution < -0.4 is 4.74 Å². The third kappa shape index (κ3) is 4.18. The minimum absolute atomic E-state index is 0.102. The van der Waals surface area contributed by atoms with E-state index in [4.69, 9.17) is 4.74 Å². The third-order valence-corrected chi connectivity index (χ3v) is 3.60. The number of halogens is 4. The zero-order valence-electron chi connectivity index (χ0n) is 13.0. The number of alkyl halides is 3. The maximum absolute atomic E-state index is 13.2. The molecule has 1 nitrogen and oxygen atoms in total. The zero-order chi connectivity index (χ0) is 17.9. The molecule has 0 bridgehead atoms. The highest BCUT2D eigenvalue weighted by molar-refractivity contribution is 5.66. The predicted molar refractivity (Wildman–Crippen MR) is 86.4 cm³/mol. The number of hydrogen-bond donors (Lipinski definition) is 0. The second kappa shape index (κ2) is 6.97. The van der Waals surface area contributed by atoms with Crippen molar-refractivity contribution in [1.82, 2.24) is 0 Å². The average Bonchev–Trinajstić information content (AvgIpc) is 2.61. The van der Waals surface area contributed by atoms with E-state index < -0.39 is 17.6 Å². The molecule has 0 fully saturated rings. The molecule has 0 aliphatic rings. The van der Waals surface area contributed by atoms with Crippen molar-refractivity contribution < 1.29 is 22.3 Å². The van der Waals surface area contributed by atoms with E-state index in [1.54, 1.807) is 24.3 Å². The van der Waals surface area contributed by atoms with E-state index in [9.17, 15) is 17.6 Å². The van der Waals surface area contributed by atoms with Crippen molar-refractivity contribution in [3.05, 3.63) is 89.7 Å². The number of hydrogen-bond acceptors (Lipinski definition) is 1. The Labute approximate surface area is 142 Å². The standard InChI is InChI=1S/C20H13F4O/c21-17-9-6-14(7-10-17)13-25-19-12-16(15-4-2-1-3-5-15)8-11-18(19)20(22,23)24/h1-10,12H,13H2. The first-order valence-electron chi connectivity index (χ1n) is 7.49. The van der Waals surface area contributed by atoms with E-state index in [-0.39, 0.29) is 12.4 Å². The molecule has 0 saturated carbocycles. The molecule has 25 heavy (non-hydrogen) atoms. The summed E-state index contributed by atoms with van der Waals surface area (Å²) in [5.74, 6) is -0.725. The molecular formula is C20H13F4O. The molecule has 5 heteroatoms. The largest absolute Gasteiger partial charge is 0.488 e. The Morgan fingerprint density at radius 3 is 2.20 bits per heavy atom. The highest BCUT2D eigenvalue weighted by atomic mass is 19.4. The van der Waals surface area contributed by atoms with Gasteiger partial charge in [-0.25, -0.2) is 4.39 Å². The van der Waals surface area contributed by atoms with Gasteiger partial charge in [0.05, 0.1) is 0 Å². The van der Waals surface area contributed by atoms with E-state index in [0.717, 1.165) is 5.56 Å². The Morgan fingerprint density at radius 2 is 1.56 bits per heavy atom. The van der Waals surface area contributed by atoms with Crippen LogP contribution in [-0.2, 0) is 12.8 Å². The molecule has 0 atom stereocenters. The topological polar surface area (TPSA) is 9.23 Å². The Hall–Kier alpha value is -2.82. The third-order valence-electron chi connectivity index (χ3n) is 3.60. The van der Waals surface area contributed by atoms with Crippen molar-refractivity contribution in [3.8, 4) is 16.9 Å². The lowest BCUT2D eigenvalue weighted by molar-refractivity contribution is -0.139. The molecule has 3 aromatic carbocycles. The molecule has 0 heterocycles. The Kier molecular flexibility index (Phi) is 4.74. The summed E-state index contributed by atoms with van der Waals surface area (Å²) in [7, 11) is 0. The fraction of sp³-hybridized carbons (Fsp3) is 0.100. The maximum atomic E-state index is 13.2. The second-order valence-electron chi connectivity index (χ2n) is 5.41. The van der Waals surface area contributed by atoms with Gasteiger partial charge in [-0.2, -0.15) is 13.2 Å². The first-order chi connectivity index (χ1) is 11.9. The van der Waals surface area contributed by atoms with Gasteiger partial charge in [0.2, 0.25) is 0 Å². The van der Waals surface area contributed by atoms with Gasteiger partial charge >= 0.3 is 6.18 Å². The van der Waals surface area contributed by atoms with Crippen LogP contribution in [0.15, 0.2) is 66.7 Å². The summed E-state index contributed by atoms with van der Waals surface area (Å²) in [6, 6.07) is 19.3. The van der Waals surface area contributed by atoms with Crippen molar-refractivity contribution in [3.63, 3.8) is 0 Å². The number of benzene rings is 3. The van der Waals surface area contributed by atoms with Crippen LogP contribution in [0.4, 0.5) is 17.6 Å². The summed E-state index contributed by atoms with van der Waals surface area (Å²) < 4.78 is 57.9. The zero-order valence-corrected chi connectivity index (χ0v) is 13.0. The highest BCUT2D eigenvalue weighted by Gasteiger charge is 2.34.